The van der Waals surface area contributed by atoms with Crippen LogP contribution in [0.4, 0.5) is 0 Å². The quantitative estimate of drug-likeness (QED) is 0.762. The highest BCUT2D eigenvalue weighted by Crippen LogP contribution is 2.66. The second kappa shape index (κ2) is 5.96. The van der Waals surface area contributed by atoms with Gasteiger partial charge in [0.1, 0.15) is 0 Å². The van der Waals surface area contributed by atoms with Crippen LogP contribution in [-0.2, 0) is 14.6 Å². The van der Waals surface area contributed by atoms with E-state index in [0.717, 1.165) is 50.9 Å². The van der Waals surface area contributed by atoms with E-state index in [0.29, 0.717) is 17.2 Å². The van der Waals surface area contributed by atoms with Crippen molar-refractivity contribution >= 4 is 15.7 Å². The van der Waals surface area contributed by atoms with E-state index >= 15 is 0 Å². The van der Waals surface area contributed by atoms with Crippen LogP contribution >= 0.6 is 0 Å². The van der Waals surface area contributed by atoms with Crippen LogP contribution in [0, 0.1) is 27.6 Å². The zero-order valence-electron chi connectivity index (χ0n) is 17.6. The second-order valence-corrected chi connectivity index (χ2v) is 13.4. The Kier molecular flexibility index (Phi) is 4.36. The van der Waals surface area contributed by atoms with E-state index in [4.69, 9.17) is 0 Å². The average Bonchev–Trinajstić information content (AvgIpc) is 2.96. The number of rotatable bonds is 5. The van der Waals surface area contributed by atoms with E-state index in [2.05, 4.69) is 26.1 Å². The maximum absolute atomic E-state index is 13.4. The van der Waals surface area contributed by atoms with Crippen molar-refractivity contribution in [1.82, 2.24) is 5.32 Å². The smallest absolute Gasteiger partial charge is 0.226 e. The molecule has 154 valence electrons. The summed E-state index contributed by atoms with van der Waals surface area (Å²) in [5, 5.41) is 3.51. The number of hydrogen-bond acceptors (Lipinski definition) is 3. The van der Waals surface area contributed by atoms with Crippen LogP contribution in [0.5, 0.6) is 0 Å². The SMILES string of the molecule is CCS(=O)(=O)CC12CCC(C(=O)N[C@H]3C[C@H]4CC[C@]3(C)C4(C)C)(CC1)CC2. The third-order valence-corrected chi connectivity index (χ3v) is 11.9. The monoisotopic (exact) mass is 395 g/mol. The Morgan fingerprint density at radius 3 is 2.04 bits per heavy atom. The Bertz CT molecular complexity index is 716. The summed E-state index contributed by atoms with van der Waals surface area (Å²) in [6.45, 7) is 8.90. The first-order valence-electron chi connectivity index (χ1n) is 11.0. The highest BCUT2D eigenvalue weighted by atomic mass is 32.2. The van der Waals surface area contributed by atoms with Crippen molar-refractivity contribution in [2.45, 2.75) is 91.5 Å². The lowest BCUT2D eigenvalue weighted by molar-refractivity contribution is -0.141. The van der Waals surface area contributed by atoms with Gasteiger partial charge in [0.05, 0.1) is 5.75 Å². The molecule has 0 aromatic rings. The number of carbonyl (C=O) groups excluding carboxylic acids is 1. The summed E-state index contributed by atoms with van der Waals surface area (Å²) in [4.78, 5) is 13.4. The van der Waals surface area contributed by atoms with Gasteiger partial charge in [-0.1, -0.05) is 27.7 Å². The van der Waals surface area contributed by atoms with Gasteiger partial charge in [-0.25, -0.2) is 8.42 Å². The fourth-order valence-electron chi connectivity index (χ4n) is 7.12. The van der Waals surface area contributed by atoms with E-state index in [1.807, 2.05) is 0 Å². The van der Waals surface area contributed by atoms with Crippen LogP contribution in [0.2, 0.25) is 0 Å². The molecule has 5 rings (SSSR count). The fourth-order valence-corrected chi connectivity index (χ4v) is 8.69. The van der Waals surface area contributed by atoms with E-state index in [-0.39, 0.29) is 27.9 Å². The summed E-state index contributed by atoms with van der Waals surface area (Å²) in [7, 11) is -2.95. The molecule has 0 radical (unpaired) electrons. The van der Waals surface area contributed by atoms with Gasteiger partial charge in [0.15, 0.2) is 9.84 Å². The highest BCUT2D eigenvalue weighted by molar-refractivity contribution is 7.91. The van der Waals surface area contributed by atoms with Crippen molar-refractivity contribution in [3.8, 4) is 0 Å². The number of amides is 1. The molecule has 5 aliphatic carbocycles. The number of nitrogens with one attached hydrogen (secondary N) is 1. The van der Waals surface area contributed by atoms with Crippen molar-refractivity contribution in [2.75, 3.05) is 11.5 Å². The molecule has 4 nitrogen and oxygen atoms in total. The van der Waals surface area contributed by atoms with E-state index in [1.165, 1.54) is 12.8 Å². The van der Waals surface area contributed by atoms with Gasteiger partial charge in [0.2, 0.25) is 5.91 Å². The molecule has 5 fully saturated rings. The number of carbonyl (C=O) groups is 1. The Morgan fingerprint density at radius 1 is 1.00 bits per heavy atom. The van der Waals surface area contributed by atoms with Crippen molar-refractivity contribution in [1.29, 1.82) is 0 Å². The summed E-state index contributed by atoms with van der Waals surface area (Å²) >= 11 is 0. The summed E-state index contributed by atoms with van der Waals surface area (Å²) in [5.74, 6) is 1.56. The first-order chi connectivity index (χ1) is 12.5. The molecule has 5 saturated carbocycles. The van der Waals surface area contributed by atoms with Crippen LogP contribution in [-0.4, -0.2) is 31.9 Å². The zero-order valence-corrected chi connectivity index (χ0v) is 18.4. The van der Waals surface area contributed by atoms with Crippen molar-refractivity contribution in [2.24, 2.45) is 27.6 Å². The Balaban J connectivity index is 1.44. The van der Waals surface area contributed by atoms with Crippen molar-refractivity contribution in [3.05, 3.63) is 0 Å². The van der Waals surface area contributed by atoms with Gasteiger partial charge in [0.25, 0.3) is 0 Å². The Morgan fingerprint density at radius 2 is 1.59 bits per heavy atom. The van der Waals surface area contributed by atoms with Gasteiger partial charge in [-0.3, -0.25) is 4.79 Å². The Labute approximate surface area is 165 Å². The lowest BCUT2D eigenvalue weighted by Crippen LogP contribution is -2.56. The topological polar surface area (TPSA) is 63.2 Å². The molecule has 3 atom stereocenters. The molecule has 0 heterocycles. The lowest BCUT2D eigenvalue weighted by Gasteiger charge is -2.53. The van der Waals surface area contributed by atoms with E-state index in [9.17, 15) is 13.2 Å². The van der Waals surface area contributed by atoms with Crippen LogP contribution in [0.1, 0.15) is 85.5 Å². The van der Waals surface area contributed by atoms with Crippen molar-refractivity contribution < 1.29 is 13.2 Å². The third-order valence-electron chi connectivity index (χ3n) is 9.95. The Hall–Kier alpha value is -0.580. The molecule has 4 bridgehead atoms. The predicted octanol–water partition coefficient (Wildman–Crippen LogP) is 4.09. The van der Waals surface area contributed by atoms with Gasteiger partial charge in [-0.2, -0.15) is 0 Å². The fraction of sp³-hybridized carbons (Fsp3) is 0.955. The van der Waals surface area contributed by atoms with E-state index < -0.39 is 9.84 Å². The number of sulfone groups is 1. The van der Waals surface area contributed by atoms with Gasteiger partial charge in [0, 0.05) is 17.2 Å². The highest BCUT2D eigenvalue weighted by Gasteiger charge is 2.62. The molecule has 0 aromatic carbocycles. The van der Waals surface area contributed by atoms with Gasteiger partial charge in [-0.05, 0) is 80.0 Å². The predicted molar refractivity (Wildman–Crippen MR) is 108 cm³/mol. The molecule has 0 unspecified atom stereocenters. The summed E-state index contributed by atoms with van der Waals surface area (Å²) in [6.07, 6.45) is 8.96. The van der Waals surface area contributed by atoms with E-state index in [1.54, 1.807) is 6.92 Å². The zero-order chi connectivity index (χ0) is 19.7. The number of fused-ring (bicyclic) bond motifs is 5. The minimum atomic E-state index is -2.95. The maximum atomic E-state index is 13.4. The molecule has 0 saturated heterocycles. The first kappa shape index (κ1) is 19.7. The summed E-state index contributed by atoms with van der Waals surface area (Å²) in [5.41, 5.74) is 0.231. The molecular formula is C22H37NO3S. The lowest BCUT2D eigenvalue weighted by atomic mass is 9.54. The van der Waals surface area contributed by atoms with Crippen LogP contribution in [0.15, 0.2) is 0 Å². The first-order valence-corrected chi connectivity index (χ1v) is 12.8. The molecule has 1 N–H and O–H groups in total. The molecular weight excluding hydrogens is 358 g/mol. The molecule has 0 aromatic heterocycles. The normalized spacial score (nSPS) is 45.2. The minimum absolute atomic E-state index is 0.0583. The molecule has 0 aliphatic heterocycles. The standard InChI is InChI=1S/C22H37NO3S/c1-5-27(25,26)15-21-8-11-22(12-9-21,13-10-21)18(24)23-17-14-16-6-7-20(17,4)19(16,2)3/h16-17H,5-15H2,1-4H3,(H,23,24)/t16-,17+,20+,21?,22?/m1/s1. The maximum Gasteiger partial charge on any atom is 0.226 e. The summed E-state index contributed by atoms with van der Waals surface area (Å²) in [6, 6.07) is 0.308. The largest absolute Gasteiger partial charge is 0.352 e. The van der Waals surface area contributed by atoms with Gasteiger partial charge < -0.3 is 5.32 Å². The average molecular weight is 396 g/mol. The molecule has 5 aliphatic rings. The summed E-state index contributed by atoms with van der Waals surface area (Å²) < 4.78 is 24.4. The van der Waals surface area contributed by atoms with Crippen LogP contribution < -0.4 is 5.32 Å². The van der Waals surface area contributed by atoms with Crippen LogP contribution in [0.25, 0.3) is 0 Å². The van der Waals surface area contributed by atoms with Gasteiger partial charge in [-0.15, -0.1) is 0 Å². The molecule has 5 heteroatoms. The van der Waals surface area contributed by atoms with Crippen molar-refractivity contribution in [3.63, 3.8) is 0 Å². The second-order valence-electron chi connectivity index (χ2n) is 11.1. The third kappa shape index (κ3) is 2.81. The van der Waals surface area contributed by atoms with Crippen LogP contribution in [0.3, 0.4) is 0 Å². The molecule has 27 heavy (non-hydrogen) atoms. The minimum Gasteiger partial charge on any atom is -0.352 e. The molecule has 1 amide bonds. The number of hydrogen-bond donors (Lipinski definition) is 1. The molecule has 0 spiro atoms. The van der Waals surface area contributed by atoms with Gasteiger partial charge >= 0.3 is 0 Å².